The van der Waals surface area contributed by atoms with E-state index in [9.17, 15) is 0 Å². The molecule has 0 fully saturated rings. The van der Waals surface area contributed by atoms with E-state index in [4.69, 9.17) is 44.9 Å². The summed E-state index contributed by atoms with van der Waals surface area (Å²) < 4.78 is 8.93. The van der Waals surface area contributed by atoms with E-state index in [0.717, 1.165) is 143 Å². The number of fused-ring (bicyclic) bond motifs is 12. The summed E-state index contributed by atoms with van der Waals surface area (Å²) in [5, 5.41) is 8.92. The van der Waals surface area contributed by atoms with Crippen LogP contribution in [-0.2, 0) is 0 Å². The molecule has 0 radical (unpaired) electrons. The molecular weight excluding hydrogens is 1370 g/mol. The summed E-state index contributed by atoms with van der Waals surface area (Å²) >= 11 is 0. The van der Waals surface area contributed by atoms with Gasteiger partial charge in [-0.3, -0.25) is 13.7 Å². The zero-order chi connectivity index (χ0) is 73.7. The Morgan fingerprint density at radius 2 is 0.429 bits per heavy atom. The smallest absolute Gasteiger partial charge is 0.238 e. The average Bonchev–Trinajstić information content (AvgIpc) is 1.57. The van der Waals surface area contributed by atoms with Crippen molar-refractivity contribution >= 4 is 87.2 Å². The van der Waals surface area contributed by atoms with Crippen LogP contribution in [0.15, 0.2) is 370 Å². The van der Waals surface area contributed by atoms with Gasteiger partial charge in [0, 0.05) is 82.2 Å². The van der Waals surface area contributed by atoms with Crippen LogP contribution in [-0.4, -0.2) is 63.1 Å². The van der Waals surface area contributed by atoms with Crippen molar-refractivity contribution in [2.75, 3.05) is 0 Å². The minimum atomic E-state index is 0.498. The lowest BCUT2D eigenvalue weighted by Crippen LogP contribution is -2.06. The molecule has 0 atom stereocenters. The summed E-state index contributed by atoms with van der Waals surface area (Å²) in [4.78, 5) is 47.5. The van der Waals surface area contributed by atoms with Crippen LogP contribution in [0.1, 0.15) is 0 Å². The van der Waals surface area contributed by atoms with Gasteiger partial charge in [-0.25, -0.2) is 15.0 Å². The molecule has 13 heteroatoms. The fourth-order valence-electron chi connectivity index (χ4n) is 16.4. The maximum Gasteiger partial charge on any atom is 0.238 e. The van der Waals surface area contributed by atoms with E-state index in [1.807, 2.05) is 109 Å². The Bertz CT molecular complexity index is 7400. The van der Waals surface area contributed by atoms with E-state index < -0.39 is 0 Å². The van der Waals surface area contributed by atoms with Crippen molar-refractivity contribution < 1.29 is 0 Å². The first kappa shape index (κ1) is 63.8. The first-order chi connectivity index (χ1) is 55.5. The fourth-order valence-corrected chi connectivity index (χ4v) is 16.4. The number of hydrogen-bond acceptors (Lipinski definition) is 9. The summed E-state index contributed by atoms with van der Waals surface area (Å²) in [5.41, 5.74) is 20.9. The number of hydrogen-bond donors (Lipinski definition) is 0. The van der Waals surface area contributed by atoms with E-state index in [-0.39, 0.29) is 0 Å². The van der Waals surface area contributed by atoms with Crippen LogP contribution in [0.5, 0.6) is 0 Å². The fraction of sp³-hybridized carbons (Fsp3) is 0. The molecule has 0 unspecified atom stereocenters. The Labute approximate surface area is 641 Å². The third kappa shape index (κ3) is 10.7. The maximum atomic E-state index is 5.42. The Hall–Kier alpha value is -15.5. The highest BCUT2D eigenvalue weighted by molar-refractivity contribution is 6.19. The van der Waals surface area contributed by atoms with Gasteiger partial charge in [-0.2, -0.15) is 29.9 Å². The molecule has 522 valence electrons. The Morgan fingerprint density at radius 3 is 0.848 bits per heavy atom. The number of benzene rings is 15. The van der Waals surface area contributed by atoms with E-state index in [2.05, 4.69) is 279 Å². The molecule has 112 heavy (non-hydrogen) atoms. The Kier molecular flexibility index (Phi) is 14.9. The summed E-state index contributed by atoms with van der Waals surface area (Å²) in [6, 6.07) is 129. The van der Waals surface area contributed by atoms with Crippen molar-refractivity contribution in [2.45, 2.75) is 0 Å². The van der Waals surface area contributed by atoms with Crippen LogP contribution in [0.3, 0.4) is 0 Å². The lowest BCUT2D eigenvalue weighted by atomic mass is 9.98. The van der Waals surface area contributed by atoms with Crippen LogP contribution in [0.25, 0.3) is 212 Å². The van der Waals surface area contributed by atoms with E-state index >= 15 is 0 Å². The third-order valence-corrected chi connectivity index (χ3v) is 21.6. The molecule has 0 saturated heterocycles. The van der Waals surface area contributed by atoms with Gasteiger partial charge >= 0.3 is 0 Å². The highest BCUT2D eigenvalue weighted by Crippen LogP contribution is 2.45. The van der Waals surface area contributed by atoms with Crippen molar-refractivity contribution in [3.63, 3.8) is 0 Å². The second-order valence-electron chi connectivity index (χ2n) is 28.1. The Balaban J connectivity index is 0.621. The monoisotopic (exact) mass is 1430 g/mol. The second-order valence-corrected chi connectivity index (χ2v) is 28.1. The van der Waals surface area contributed by atoms with Gasteiger partial charge in [0.2, 0.25) is 17.8 Å². The number of rotatable bonds is 13. The van der Waals surface area contributed by atoms with E-state index in [0.29, 0.717) is 52.8 Å². The molecule has 13 nitrogen and oxygen atoms in total. The summed E-state index contributed by atoms with van der Waals surface area (Å²) in [6.45, 7) is 0. The standard InChI is InChI=1S/C99H61N13/c1-6-26-64(27-7-1)91-100-92(65-28-8-2-9-29-65)106-99(105-91)112-82-43-21-16-36-75(82)77-58-56-71(61-88(77)112)74-41-25-47-87-90(74)79-39-19-23-45-84(79)111(87)98-104-94(67-32-12-4-13-33-67)102-96(108-98)69-54-50-63(51-55-69)62-48-52-68(53-49-62)95-101-93(66-30-10-3-11-31-66)103-97(107-95)110-83-44-22-18-38-78(83)89-73(40-24-46-86(89)110)70-57-59-85-80(60-70)76-37-17-20-42-81(76)109(85)72-34-14-5-15-35-72/h1-61H. The lowest BCUT2D eigenvalue weighted by molar-refractivity contribution is 0.953. The number of para-hydroxylation sites is 5. The van der Waals surface area contributed by atoms with Crippen LogP contribution in [0, 0.1) is 0 Å². The van der Waals surface area contributed by atoms with Gasteiger partial charge in [-0.15, -0.1) is 0 Å². The van der Waals surface area contributed by atoms with Crippen LogP contribution >= 0.6 is 0 Å². The molecule has 0 aliphatic rings. The highest BCUT2D eigenvalue weighted by atomic mass is 15.2. The molecule has 0 amide bonds. The molecular formula is C99H61N13. The molecule has 0 N–H and O–H groups in total. The molecule has 22 rings (SSSR count). The van der Waals surface area contributed by atoms with Crippen molar-refractivity contribution in [3.05, 3.63) is 370 Å². The number of nitrogens with zero attached hydrogens (tertiary/aromatic N) is 13. The van der Waals surface area contributed by atoms with E-state index in [1.54, 1.807) is 0 Å². The summed E-state index contributed by atoms with van der Waals surface area (Å²) in [7, 11) is 0. The summed E-state index contributed by atoms with van der Waals surface area (Å²) in [5.74, 6) is 4.97. The van der Waals surface area contributed by atoms with Gasteiger partial charge in [-0.05, 0) is 100 Å². The molecule has 7 heterocycles. The molecule has 0 spiro atoms. The van der Waals surface area contributed by atoms with Crippen molar-refractivity contribution in [1.82, 2.24) is 63.1 Å². The quantitative estimate of drug-likeness (QED) is 0.111. The predicted octanol–water partition coefficient (Wildman–Crippen LogP) is 23.6. The zero-order valence-corrected chi connectivity index (χ0v) is 60.0. The topological polar surface area (TPSA) is 136 Å². The molecule has 7 aromatic heterocycles. The predicted molar refractivity (Wildman–Crippen MR) is 453 cm³/mol. The molecule has 0 aliphatic carbocycles. The Morgan fingerprint density at radius 1 is 0.152 bits per heavy atom. The minimum absolute atomic E-state index is 0.498. The van der Waals surface area contributed by atoms with Gasteiger partial charge in [0.05, 0.1) is 44.1 Å². The normalized spacial score (nSPS) is 11.8. The van der Waals surface area contributed by atoms with Crippen LogP contribution in [0.2, 0.25) is 0 Å². The van der Waals surface area contributed by atoms with Crippen molar-refractivity contribution in [1.29, 1.82) is 0 Å². The van der Waals surface area contributed by atoms with Crippen LogP contribution in [0.4, 0.5) is 0 Å². The van der Waals surface area contributed by atoms with Gasteiger partial charge in [0.15, 0.2) is 34.9 Å². The van der Waals surface area contributed by atoms with Crippen molar-refractivity contribution in [2.24, 2.45) is 0 Å². The lowest BCUT2D eigenvalue weighted by Gasteiger charge is -2.12. The first-order valence-electron chi connectivity index (χ1n) is 37.4. The molecule has 0 bridgehead atoms. The second kappa shape index (κ2) is 26.2. The van der Waals surface area contributed by atoms with Gasteiger partial charge in [-0.1, -0.05) is 303 Å². The highest BCUT2D eigenvalue weighted by Gasteiger charge is 2.26. The first-order valence-corrected chi connectivity index (χ1v) is 37.4. The van der Waals surface area contributed by atoms with Gasteiger partial charge in [0.1, 0.15) is 0 Å². The molecule has 22 aromatic rings. The number of aromatic nitrogens is 13. The molecule has 0 aliphatic heterocycles. The zero-order valence-electron chi connectivity index (χ0n) is 60.0. The summed E-state index contributed by atoms with van der Waals surface area (Å²) in [6.07, 6.45) is 0. The minimum Gasteiger partial charge on any atom is -0.309 e. The van der Waals surface area contributed by atoms with Crippen LogP contribution < -0.4 is 0 Å². The maximum absolute atomic E-state index is 5.42. The SMILES string of the molecule is c1ccc(-c2nc(-c3ccccc3)nc(-n3c4ccccc4c4ccc(-c5cccc6c5c5ccccc5n6-c5nc(-c6ccccc6)nc(-c6ccc(-c7ccc(-c8nc(-c9ccccc9)nc(-n9c%10ccccc%10c%10c(-c%11ccc%12c(c%11)c%11ccccc%11n%12-c%11ccccc%11)cccc%109)n8)cc7)cc6)n5)cc43)n2)cc1. The largest absolute Gasteiger partial charge is 0.309 e. The third-order valence-electron chi connectivity index (χ3n) is 21.6. The van der Waals surface area contributed by atoms with Gasteiger partial charge < -0.3 is 4.57 Å². The van der Waals surface area contributed by atoms with Gasteiger partial charge in [0.25, 0.3) is 0 Å². The molecule has 0 saturated carbocycles. The molecule has 15 aromatic carbocycles. The average molecular weight is 1430 g/mol. The van der Waals surface area contributed by atoms with Crippen molar-refractivity contribution in [3.8, 4) is 125 Å². The van der Waals surface area contributed by atoms with E-state index in [1.165, 1.54) is 16.3 Å².